The molecule has 0 fully saturated rings. The van der Waals surface area contributed by atoms with Crippen molar-refractivity contribution in [3.8, 4) is 0 Å². The van der Waals surface area contributed by atoms with Crippen LogP contribution in [0.4, 0.5) is 11.4 Å². The molecule has 0 saturated heterocycles. The third kappa shape index (κ3) is 7.13. The van der Waals surface area contributed by atoms with Gasteiger partial charge in [0.15, 0.2) is 0 Å². The molecule has 2 aliphatic rings. The van der Waals surface area contributed by atoms with Gasteiger partial charge in [0.1, 0.15) is 11.7 Å². The van der Waals surface area contributed by atoms with E-state index in [4.69, 9.17) is 24.2 Å². The van der Waals surface area contributed by atoms with Crippen molar-refractivity contribution in [2.24, 2.45) is 5.11 Å². The largest absolute Gasteiger partial charge is 0.347 e. The zero-order chi connectivity index (χ0) is 29.7. The highest BCUT2D eigenvalue weighted by atomic mass is 35.7. The summed E-state index contributed by atoms with van der Waals surface area (Å²) in [6.45, 7) is 9.79. The van der Waals surface area contributed by atoms with Crippen molar-refractivity contribution >= 4 is 11.4 Å². The van der Waals surface area contributed by atoms with Crippen molar-refractivity contribution in [2.75, 3.05) is 25.5 Å². The van der Waals surface area contributed by atoms with E-state index in [1.165, 1.54) is 38.7 Å². The van der Waals surface area contributed by atoms with Gasteiger partial charge in [-0.15, -0.1) is 10.2 Å². The van der Waals surface area contributed by atoms with Crippen molar-refractivity contribution in [1.82, 2.24) is 0 Å². The van der Waals surface area contributed by atoms with Crippen LogP contribution in [-0.4, -0.2) is 26.7 Å². The maximum atomic E-state index is 8.68. The molecular weight excluding hydrogens is 530 g/mol. The Labute approximate surface area is 238 Å². The molecule has 1 N–H and O–H groups in total. The highest BCUT2D eigenvalue weighted by Crippen LogP contribution is 2.46. The van der Waals surface area contributed by atoms with Crippen LogP contribution in [-0.2, 0) is 10.8 Å². The third-order valence-electron chi connectivity index (χ3n) is 7.98. The number of nitrogens with zero attached hydrogens (tertiary/aromatic N) is 4. The summed E-state index contributed by atoms with van der Waals surface area (Å²) in [5, 5.41) is 3.74. The van der Waals surface area contributed by atoms with E-state index in [9.17, 15) is 0 Å². The Morgan fingerprint density at radius 3 is 2.25 bits per heavy atom. The van der Waals surface area contributed by atoms with Crippen LogP contribution < -0.4 is 28.4 Å². The van der Waals surface area contributed by atoms with Crippen LogP contribution in [0, 0.1) is 10.2 Å². The molecule has 0 bridgehead atoms. The highest BCUT2D eigenvalue weighted by Gasteiger charge is 2.46. The maximum Gasteiger partial charge on any atom is 0.135 e. The number of likely N-dealkylation sites (N-methyl/N-ethyl adjacent to an activating group) is 2. The lowest BCUT2D eigenvalue weighted by Crippen LogP contribution is -3.07. The first kappa shape index (κ1) is 31.4. The lowest BCUT2D eigenvalue weighted by molar-refractivity contribution is -2.00. The molecular formula is C30H38ClN5O4. The van der Waals surface area contributed by atoms with Gasteiger partial charge in [0.2, 0.25) is 0 Å². The number of halogens is 1. The Balaban J connectivity index is 0.000000810. The number of hydrogen-bond acceptors (Lipinski definition) is 6. The van der Waals surface area contributed by atoms with Gasteiger partial charge >= 0.3 is 0 Å². The molecule has 9 nitrogen and oxygen atoms in total. The van der Waals surface area contributed by atoms with E-state index >= 15 is 0 Å². The number of benzene rings is 2. The Morgan fingerprint density at radius 1 is 1.05 bits per heavy atom. The van der Waals surface area contributed by atoms with Gasteiger partial charge in [-0.3, -0.25) is 4.90 Å². The second-order valence-corrected chi connectivity index (χ2v) is 12.0. The summed E-state index contributed by atoms with van der Waals surface area (Å²) in [5.74, 6) is 0. The van der Waals surface area contributed by atoms with Crippen molar-refractivity contribution in [2.45, 2.75) is 57.4 Å². The summed E-state index contributed by atoms with van der Waals surface area (Å²) in [4.78, 5) is 6.66. The lowest BCUT2D eigenvalue weighted by atomic mass is 9.80. The molecule has 214 valence electrons. The van der Waals surface area contributed by atoms with Crippen LogP contribution in [0.5, 0.6) is 0 Å². The number of fused-ring (bicyclic) bond motifs is 2. The Kier molecular flexibility index (Phi) is 9.87. The van der Waals surface area contributed by atoms with Crippen LogP contribution in [0.1, 0.15) is 51.7 Å². The third-order valence-corrected chi connectivity index (χ3v) is 7.98. The summed E-state index contributed by atoms with van der Waals surface area (Å²) >= 11 is 0. The summed E-state index contributed by atoms with van der Waals surface area (Å²) in [6, 6.07) is 17.8. The molecule has 2 heterocycles. The van der Waals surface area contributed by atoms with Crippen molar-refractivity contribution in [3.63, 3.8) is 0 Å². The molecule has 2 aliphatic heterocycles. The number of nitrogens with one attached hydrogen (secondary N) is 1. The molecule has 0 saturated carbocycles. The van der Waals surface area contributed by atoms with Crippen LogP contribution in [0.3, 0.4) is 0 Å². The van der Waals surface area contributed by atoms with Gasteiger partial charge < -0.3 is 4.90 Å². The number of para-hydroxylation sites is 2. The average molecular weight is 568 g/mol. The fraction of sp³-hybridized carbons (Fsp3) is 0.400. The predicted octanol–water partition coefficient (Wildman–Crippen LogP) is 1.62. The molecule has 2 atom stereocenters. The minimum atomic E-state index is -4.94. The second kappa shape index (κ2) is 12.6. The van der Waals surface area contributed by atoms with Gasteiger partial charge in [0.05, 0.1) is 12.5 Å². The van der Waals surface area contributed by atoms with Crippen LogP contribution in [0.2, 0.25) is 0 Å². The predicted molar refractivity (Wildman–Crippen MR) is 146 cm³/mol. The van der Waals surface area contributed by atoms with E-state index in [2.05, 4.69) is 130 Å². The Bertz CT molecular complexity index is 1330. The quantitative estimate of drug-likeness (QED) is 0.177. The average Bonchev–Trinajstić information content (AvgIpc) is 3.20. The number of quaternary nitrogens is 1. The van der Waals surface area contributed by atoms with Gasteiger partial charge in [-0.2, -0.15) is 0 Å². The summed E-state index contributed by atoms with van der Waals surface area (Å²) < 4.78 is 34.0. The van der Waals surface area contributed by atoms with Crippen LogP contribution in [0.25, 0.3) is 10.4 Å². The van der Waals surface area contributed by atoms with Gasteiger partial charge in [-0.1, -0.05) is 67.5 Å². The topological polar surface area (TPSA) is 149 Å². The zero-order valence-corrected chi connectivity index (χ0v) is 24.7. The SMILES string of the molecule is CN1/C(=C/C=C(/C=C/C2[NH+](C)c3ccccc3C2(C)C)CCCN=[N+]=[N-])C(C)(C)c2ccccc21.[O-][Cl+3]([O-])([O-])[O-]. The number of hydrogen-bond donors (Lipinski definition) is 1. The van der Waals surface area contributed by atoms with Crippen molar-refractivity contribution < 1.29 is 33.8 Å². The normalized spacial score (nSPS) is 22.0. The Hall–Kier alpha value is -3.14. The minimum Gasteiger partial charge on any atom is -0.347 e. The molecule has 2 aromatic carbocycles. The van der Waals surface area contributed by atoms with Gasteiger partial charge in [-0.05, 0) is 67.6 Å². The second-order valence-electron chi connectivity index (χ2n) is 11.2. The molecule has 4 rings (SSSR count). The van der Waals surface area contributed by atoms with E-state index in [1.54, 1.807) is 0 Å². The summed E-state index contributed by atoms with van der Waals surface area (Å²) in [7, 11) is -0.524. The van der Waals surface area contributed by atoms with Crippen LogP contribution >= 0.6 is 0 Å². The van der Waals surface area contributed by atoms with E-state index in [0.717, 1.165) is 12.8 Å². The first-order valence-electron chi connectivity index (χ1n) is 13.2. The number of allylic oxidation sites excluding steroid dienone is 5. The fourth-order valence-corrected chi connectivity index (χ4v) is 5.98. The first-order chi connectivity index (χ1) is 18.7. The molecule has 0 radical (unpaired) electrons. The summed E-state index contributed by atoms with van der Waals surface area (Å²) in [5.41, 5.74) is 16.7. The van der Waals surface area contributed by atoms with Gasteiger partial charge in [0.25, 0.3) is 0 Å². The molecule has 2 aromatic rings. The van der Waals surface area contributed by atoms with E-state index < -0.39 is 10.2 Å². The summed E-state index contributed by atoms with van der Waals surface area (Å²) in [6.07, 6.45) is 10.9. The molecule has 0 spiro atoms. The van der Waals surface area contributed by atoms with Crippen molar-refractivity contribution in [1.29, 1.82) is 0 Å². The number of anilines is 1. The van der Waals surface area contributed by atoms with Gasteiger partial charge in [-0.25, -0.2) is 18.6 Å². The van der Waals surface area contributed by atoms with Crippen molar-refractivity contribution in [3.05, 3.63) is 106 Å². The smallest absolute Gasteiger partial charge is 0.135 e. The molecule has 0 aliphatic carbocycles. The molecule has 2 unspecified atom stereocenters. The number of azide groups is 1. The number of rotatable bonds is 7. The molecule has 0 aromatic heterocycles. The molecule has 40 heavy (non-hydrogen) atoms. The standard InChI is InChI=1S/C30H37N5.ClHO4/c1-29(2)23-13-7-9-15-25(23)34(5)27(29)19-17-22(12-11-21-32-33-31)18-20-28-30(3,4)24-14-8-10-16-26(24)35(28)6;2-1(3,4)5/h7-10,13-20,27H,11-12,21H2,1-6H3;(H,2,3,4,5)/b19-17+,22-18+,28-20+;. The monoisotopic (exact) mass is 567 g/mol. The van der Waals surface area contributed by atoms with Gasteiger partial charge in [0, 0.05) is 40.9 Å². The Morgan fingerprint density at radius 2 is 1.65 bits per heavy atom. The maximum absolute atomic E-state index is 8.68. The fourth-order valence-electron chi connectivity index (χ4n) is 5.98. The molecule has 10 heteroatoms. The lowest BCUT2D eigenvalue weighted by Gasteiger charge is -2.25. The van der Waals surface area contributed by atoms with E-state index in [1.807, 2.05) is 0 Å². The highest BCUT2D eigenvalue weighted by molar-refractivity contribution is 5.70. The van der Waals surface area contributed by atoms with E-state index in [-0.39, 0.29) is 10.8 Å². The minimum absolute atomic E-state index is 0.0543. The first-order valence-corrected chi connectivity index (χ1v) is 14.4. The van der Waals surface area contributed by atoms with E-state index in [0.29, 0.717) is 12.6 Å². The molecule has 0 amide bonds. The zero-order valence-electron chi connectivity index (χ0n) is 23.9. The van der Waals surface area contributed by atoms with Crippen LogP contribution in [0.15, 0.2) is 89.2 Å².